The molecule has 1 atom stereocenters. The van der Waals surface area contributed by atoms with Crippen LogP contribution in [0.3, 0.4) is 0 Å². The Morgan fingerprint density at radius 3 is 1.17 bits per heavy atom. The molecule has 0 aromatic rings. The van der Waals surface area contributed by atoms with Crippen molar-refractivity contribution in [3.63, 3.8) is 0 Å². The Kier molecular flexibility index (Phi) is 49.1. The van der Waals surface area contributed by atoms with E-state index in [1.807, 2.05) is 36.5 Å². The summed E-state index contributed by atoms with van der Waals surface area (Å²) in [5.41, 5.74) is 0. The molecule has 6 nitrogen and oxygen atoms in total. The molecule has 366 valence electrons. The summed E-state index contributed by atoms with van der Waals surface area (Å²) >= 11 is 0. The molecule has 0 aliphatic rings. The van der Waals surface area contributed by atoms with Gasteiger partial charge in [-0.15, -0.1) is 0 Å². The highest BCUT2D eigenvalue weighted by atomic mass is 16.6. The quantitative estimate of drug-likeness (QED) is 0.0199. The third-order valence-corrected chi connectivity index (χ3v) is 10.5. The van der Waals surface area contributed by atoms with Gasteiger partial charge in [-0.05, 0) is 103 Å². The number of unbranched alkanes of at least 4 members (excludes halogenated alkanes) is 18. The largest absolute Gasteiger partial charge is 0.462 e. The van der Waals surface area contributed by atoms with Crippen LogP contribution in [0.2, 0.25) is 0 Å². The lowest BCUT2D eigenvalue weighted by atomic mass is 10.1. The molecule has 0 rings (SSSR count). The van der Waals surface area contributed by atoms with Crippen molar-refractivity contribution in [2.75, 3.05) is 13.2 Å². The van der Waals surface area contributed by atoms with Crippen LogP contribution in [-0.2, 0) is 28.6 Å². The second-order valence-electron chi connectivity index (χ2n) is 16.8. The van der Waals surface area contributed by atoms with Gasteiger partial charge in [0, 0.05) is 19.3 Å². The van der Waals surface area contributed by atoms with Gasteiger partial charge < -0.3 is 14.2 Å². The summed E-state index contributed by atoms with van der Waals surface area (Å²) in [6.07, 6.45) is 71.7. The van der Waals surface area contributed by atoms with Crippen LogP contribution in [0.1, 0.15) is 213 Å². The van der Waals surface area contributed by atoms with Crippen molar-refractivity contribution in [3.8, 4) is 0 Å². The highest BCUT2D eigenvalue weighted by molar-refractivity contribution is 5.71. The van der Waals surface area contributed by atoms with Crippen LogP contribution in [0.25, 0.3) is 0 Å². The first-order chi connectivity index (χ1) is 32.0. The van der Waals surface area contributed by atoms with E-state index in [9.17, 15) is 14.4 Å². The molecule has 0 aliphatic heterocycles. The summed E-state index contributed by atoms with van der Waals surface area (Å²) in [6.45, 7) is 6.35. The molecule has 0 fully saturated rings. The van der Waals surface area contributed by atoms with Gasteiger partial charge in [0.05, 0.1) is 0 Å². The minimum absolute atomic E-state index is 0.111. The van der Waals surface area contributed by atoms with E-state index >= 15 is 0 Å². The molecule has 1 unspecified atom stereocenters. The Bertz CT molecular complexity index is 1400. The predicted octanol–water partition coefficient (Wildman–Crippen LogP) is 17.3. The molecule has 6 heteroatoms. The molecular weight excluding hydrogens is 805 g/mol. The first-order valence-electron chi connectivity index (χ1n) is 26.1. The summed E-state index contributed by atoms with van der Waals surface area (Å²) in [4.78, 5) is 38.0. The SMILES string of the molecule is CC/C=C\C/C=C\C/C=C\C/C=C\CCCCCC(=O)OC(COC(=O)CCCCC/C=C\CCCCCCCC)COC(=O)CCCCCCC\C=C/C=C\C=C/C=C\C=C/CCC. The van der Waals surface area contributed by atoms with E-state index < -0.39 is 6.10 Å². The maximum absolute atomic E-state index is 12.8. The lowest BCUT2D eigenvalue weighted by Crippen LogP contribution is -2.30. The van der Waals surface area contributed by atoms with Gasteiger partial charge in [-0.3, -0.25) is 14.4 Å². The van der Waals surface area contributed by atoms with Gasteiger partial charge >= 0.3 is 17.9 Å². The Morgan fingerprint density at radius 1 is 0.338 bits per heavy atom. The number of rotatable bonds is 45. The zero-order chi connectivity index (χ0) is 47.2. The average Bonchev–Trinajstić information content (AvgIpc) is 3.30. The Labute approximate surface area is 399 Å². The van der Waals surface area contributed by atoms with Crippen LogP contribution < -0.4 is 0 Å². The Morgan fingerprint density at radius 2 is 0.692 bits per heavy atom. The van der Waals surface area contributed by atoms with Crippen molar-refractivity contribution in [3.05, 3.63) is 122 Å². The molecule has 0 radical (unpaired) electrons. The second kappa shape index (κ2) is 52.4. The molecule has 0 bridgehead atoms. The highest BCUT2D eigenvalue weighted by Gasteiger charge is 2.19. The molecule has 0 aromatic heterocycles. The Hall–Kier alpha value is -4.19. The van der Waals surface area contributed by atoms with E-state index in [4.69, 9.17) is 14.2 Å². The van der Waals surface area contributed by atoms with Crippen LogP contribution in [0.5, 0.6) is 0 Å². The minimum atomic E-state index is -0.815. The van der Waals surface area contributed by atoms with Crippen LogP contribution in [0.4, 0.5) is 0 Å². The van der Waals surface area contributed by atoms with E-state index in [2.05, 4.69) is 106 Å². The van der Waals surface area contributed by atoms with E-state index in [1.165, 1.54) is 44.9 Å². The molecule has 0 heterocycles. The van der Waals surface area contributed by atoms with Crippen LogP contribution in [0, 0.1) is 0 Å². The topological polar surface area (TPSA) is 78.9 Å². The predicted molar refractivity (Wildman–Crippen MR) is 279 cm³/mol. The molecular formula is C59H94O6. The van der Waals surface area contributed by atoms with E-state index in [-0.39, 0.29) is 37.5 Å². The third-order valence-electron chi connectivity index (χ3n) is 10.5. The highest BCUT2D eigenvalue weighted by Crippen LogP contribution is 2.12. The molecule has 0 amide bonds. The summed E-state index contributed by atoms with van der Waals surface area (Å²) in [6, 6.07) is 0. The van der Waals surface area contributed by atoms with Crippen LogP contribution >= 0.6 is 0 Å². The van der Waals surface area contributed by atoms with Crippen molar-refractivity contribution < 1.29 is 28.6 Å². The number of carbonyl (C=O) groups is 3. The second-order valence-corrected chi connectivity index (χ2v) is 16.8. The van der Waals surface area contributed by atoms with Crippen molar-refractivity contribution in [2.45, 2.75) is 219 Å². The molecule has 0 aromatic carbocycles. The van der Waals surface area contributed by atoms with Crippen LogP contribution in [0.15, 0.2) is 122 Å². The first-order valence-corrected chi connectivity index (χ1v) is 26.1. The molecule has 0 saturated heterocycles. The fraction of sp³-hybridized carbons (Fsp3) is 0.610. The van der Waals surface area contributed by atoms with Gasteiger partial charge in [-0.25, -0.2) is 0 Å². The zero-order valence-electron chi connectivity index (χ0n) is 41.7. The van der Waals surface area contributed by atoms with E-state index in [0.29, 0.717) is 19.3 Å². The number of allylic oxidation sites excluding steroid dienone is 20. The van der Waals surface area contributed by atoms with Gasteiger partial charge in [0.1, 0.15) is 13.2 Å². The standard InChI is InChI=1S/C59H94O6/c1-4-7-10-13-16-19-22-25-27-29-30-32-34-37-40-43-46-49-52-58(61)64-55-56(54-63-57(60)51-48-45-42-39-36-33-24-21-18-15-12-9-6-3)65-59(62)53-50-47-44-41-38-35-31-28-26-23-20-17-14-11-8-5-2/h8,10-11,13,16-17,19-20,22,25-30,32-33,35-36,38,56H,4-7,9,12,14-15,18,21,23-24,31,34,37,39-55H2,1-3H3/b11-8-,13-10-,19-16-,20-17-,25-22-,28-26-,29-27-,32-30-,36-33-,38-35-. The maximum Gasteiger partial charge on any atom is 0.306 e. The number of esters is 3. The minimum Gasteiger partial charge on any atom is -0.462 e. The number of hydrogen-bond acceptors (Lipinski definition) is 6. The van der Waals surface area contributed by atoms with Crippen molar-refractivity contribution in [2.24, 2.45) is 0 Å². The lowest BCUT2D eigenvalue weighted by molar-refractivity contribution is -0.167. The number of carbonyl (C=O) groups excluding carboxylic acids is 3. The van der Waals surface area contributed by atoms with E-state index in [1.54, 1.807) is 0 Å². The fourth-order valence-electron chi connectivity index (χ4n) is 6.63. The lowest BCUT2D eigenvalue weighted by Gasteiger charge is -2.18. The van der Waals surface area contributed by atoms with Crippen molar-refractivity contribution in [1.29, 1.82) is 0 Å². The molecule has 0 aliphatic carbocycles. The smallest absolute Gasteiger partial charge is 0.306 e. The van der Waals surface area contributed by atoms with Gasteiger partial charge in [-0.2, -0.15) is 0 Å². The summed E-state index contributed by atoms with van der Waals surface area (Å²) < 4.78 is 16.7. The van der Waals surface area contributed by atoms with Crippen LogP contribution in [-0.4, -0.2) is 37.2 Å². The van der Waals surface area contributed by atoms with Crippen molar-refractivity contribution in [1.82, 2.24) is 0 Å². The van der Waals surface area contributed by atoms with Gasteiger partial charge in [0.2, 0.25) is 0 Å². The van der Waals surface area contributed by atoms with Gasteiger partial charge in [-0.1, -0.05) is 213 Å². The number of ether oxygens (including phenoxy) is 3. The van der Waals surface area contributed by atoms with Gasteiger partial charge in [0.25, 0.3) is 0 Å². The summed E-state index contributed by atoms with van der Waals surface area (Å²) in [5.74, 6) is -0.990. The third kappa shape index (κ3) is 50.7. The molecule has 65 heavy (non-hydrogen) atoms. The van der Waals surface area contributed by atoms with Crippen molar-refractivity contribution >= 4 is 17.9 Å². The molecule has 0 spiro atoms. The Balaban J connectivity index is 4.54. The summed E-state index contributed by atoms with van der Waals surface area (Å²) in [7, 11) is 0. The molecule has 0 N–H and O–H groups in total. The first kappa shape index (κ1) is 60.8. The number of hydrogen-bond donors (Lipinski definition) is 0. The monoisotopic (exact) mass is 899 g/mol. The maximum atomic E-state index is 12.8. The average molecular weight is 899 g/mol. The zero-order valence-corrected chi connectivity index (χ0v) is 41.7. The van der Waals surface area contributed by atoms with E-state index in [0.717, 1.165) is 122 Å². The van der Waals surface area contributed by atoms with Gasteiger partial charge in [0.15, 0.2) is 6.10 Å². The fourth-order valence-corrected chi connectivity index (χ4v) is 6.63. The normalized spacial score (nSPS) is 13.1. The molecule has 0 saturated carbocycles. The summed E-state index contributed by atoms with van der Waals surface area (Å²) in [5, 5.41) is 0.